The summed E-state index contributed by atoms with van der Waals surface area (Å²) < 4.78 is 35.9. The second kappa shape index (κ2) is 5.31. The number of nitrogens with one attached hydrogen (secondary N) is 1. The van der Waals surface area contributed by atoms with Crippen LogP contribution in [0.25, 0.3) is 0 Å². The first kappa shape index (κ1) is 12.8. The van der Waals surface area contributed by atoms with Crippen molar-refractivity contribution in [3.05, 3.63) is 29.3 Å². The Hall–Kier alpha value is -0.680. The third-order valence-corrected chi connectivity index (χ3v) is 3.83. The van der Waals surface area contributed by atoms with Gasteiger partial charge in [0.2, 0.25) is 0 Å². The van der Waals surface area contributed by atoms with Crippen molar-refractivity contribution in [1.29, 1.82) is 0 Å². The fourth-order valence-corrected chi connectivity index (χ4v) is 2.89. The lowest BCUT2D eigenvalue weighted by molar-refractivity contribution is -0.125. The van der Waals surface area contributed by atoms with Crippen molar-refractivity contribution in [2.75, 3.05) is 12.3 Å². The van der Waals surface area contributed by atoms with Crippen LogP contribution in [-0.4, -0.2) is 18.5 Å². The van der Waals surface area contributed by atoms with E-state index < -0.39 is 12.7 Å². The predicted octanol–water partition coefficient (Wildman–Crippen LogP) is 3.38. The molecule has 0 radical (unpaired) electrons. The monoisotopic (exact) mass is 261 g/mol. The SMILES string of the molecule is FC(F)(F)CNCc1ccc2c(c1)CCCS2. The molecular weight excluding hydrogens is 247 g/mol. The van der Waals surface area contributed by atoms with Gasteiger partial charge in [0, 0.05) is 11.4 Å². The molecule has 0 aliphatic carbocycles. The van der Waals surface area contributed by atoms with Gasteiger partial charge >= 0.3 is 6.18 Å². The molecule has 1 heterocycles. The number of aryl methyl sites for hydroxylation is 1. The first-order chi connectivity index (χ1) is 8.04. The molecule has 1 aromatic rings. The summed E-state index contributed by atoms with van der Waals surface area (Å²) in [6.45, 7) is -0.656. The van der Waals surface area contributed by atoms with Gasteiger partial charge in [0.05, 0.1) is 6.54 Å². The Kier molecular flexibility index (Phi) is 3.99. The van der Waals surface area contributed by atoms with Crippen molar-refractivity contribution >= 4 is 11.8 Å². The van der Waals surface area contributed by atoms with E-state index in [-0.39, 0.29) is 6.54 Å². The molecule has 0 spiro atoms. The van der Waals surface area contributed by atoms with E-state index in [9.17, 15) is 13.2 Å². The Morgan fingerprint density at radius 2 is 2.12 bits per heavy atom. The van der Waals surface area contributed by atoms with Gasteiger partial charge in [-0.15, -0.1) is 11.8 Å². The topological polar surface area (TPSA) is 12.0 Å². The van der Waals surface area contributed by atoms with Gasteiger partial charge in [-0.05, 0) is 35.8 Å². The Morgan fingerprint density at radius 3 is 2.88 bits per heavy atom. The molecule has 17 heavy (non-hydrogen) atoms. The second-order valence-electron chi connectivity index (χ2n) is 4.11. The molecule has 5 heteroatoms. The summed E-state index contributed by atoms with van der Waals surface area (Å²) in [5.74, 6) is 1.14. The standard InChI is InChI=1S/C12H14F3NS/c13-12(14,15)8-16-7-9-3-4-11-10(6-9)2-1-5-17-11/h3-4,6,16H,1-2,5,7-8H2. The quantitative estimate of drug-likeness (QED) is 0.895. The summed E-state index contributed by atoms with van der Waals surface area (Å²) in [7, 11) is 0. The smallest absolute Gasteiger partial charge is 0.305 e. The molecule has 1 aliphatic rings. The Labute approximate surface area is 103 Å². The molecule has 1 N–H and O–H groups in total. The molecule has 0 bridgehead atoms. The molecular formula is C12H14F3NS. The fraction of sp³-hybridized carbons (Fsp3) is 0.500. The van der Waals surface area contributed by atoms with E-state index in [4.69, 9.17) is 0 Å². The highest BCUT2D eigenvalue weighted by atomic mass is 32.2. The molecule has 0 atom stereocenters. The van der Waals surface area contributed by atoms with Crippen LogP contribution >= 0.6 is 11.8 Å². The predicted molar refractivity (Wildman–Crippen MR) is 63.2 cm³/mol. The molecule has 0 unspecified atom stereocenters. The molecule has 0 saturated heterocycles. The number of alkyl halides is 3. The number of thioether (sulfide) groups is 1. The normalized spacial score (nSPS) is 15.7. The maximum absolute atomic E-state index is 12.0. The minimum absolute atomic E-state index is 0.275. The van der Waals surface area contributed by atoms with Crippen LogP contribution in [0.3, 0.4) is 0 Å². The first-order valence-corrected chi connectivity index (χ1v) is 6.55. The molecule has 94 valence electrons. The maximum Gasteiger partial charge on any atom is 0.401 e. The van der Waals surface area contributed by atoms with Gasteiger partial charge < -0.3 is 5.32 Å². The van der Waals surface area contributed by atoms with Gasteiger partial charge in [0.25, 0.3) is 0 Å². The van der Waals surface area contributed by atoms with E-state index in [2.05, 4.69) is 5.32 Å². The Balaban J connectivity index is 1.93. The van der Waals surface area contributed by atoms with Crippen molar-refractivity contribution in [3.8, 4) is 0 Å². The molecule has 1 aromatic carbocycles. The van der Waals surface area contributed by atoms with Gasteiger partial charge in [-0.1, -0.05) is 12.1 Å². The highest BCUT2D eigenvalue weighted by molar-refractivity contribution is 7.99. The summed E-state index contributed by atoms with van der Waals surface area (Å²) in [6, 6.07) is 5.94. The minimum atomic E-state index is -4.13. The molecule has 0 saturated carbocycles. The van der Waals surface area contributed by atoms with Gasteiger partial charge in [-0.25, -0.2) is 0 Å². The lowest BCUT2D eigenvalue weighted by Gasteiger charge is -2.16. The maximum atomic E-state index is 12.0. The number of benzene rings is 1. The zero-order chi connectivity index (χ0) is 12.3. The summed E-state index contributed by atoms with van der Waals surface area (Å²) >= 11 is 1.83. The lowest BCUT2D eigenvalue weighted by atomic mass is 10.1. The van der Waals surface area contributed by atoms with Crippen molar-refractivity contribution < 1.29 is 13.2 Å². The molecule has 2 rings (SSSR count). The molecule has 0 fully saturated rings. The van der Waals surface area contributed by atoms with Crippen molar-refractivity contribution in [2.24, 2.45) is 0 Å². The van der Waals surface area contributed by atoms with Crippen LogP contribution in [0, 0.1) is 0 Å². The van der Waals surface area contributed by atoms with Gasteiger partial charge in [-0.3, -0.25) is 0 Å². The molecule has 1 nitrogen and oxygen atoms in total. The number of hydrogen-bond donors (Lipinski definition) is 1. The fourth-order valence-electron chi connectivity index (χ4n) is 1.87. The van der Waals surface area contributed by atoms with Gasteiger partial charge in [-0.2, -0.15) is 13.2 Å². The van der Waals surface area contributed by atoms with Crippen molar-refractivity contribution in [1.82, 2.24) is 5.32 Å². The van der Waals surface area contributed by atoms with Gasteiger partial charge in [0.15, 0.2) is 0 Å². The summed E-state index contributed by atoms with van der Waals surface area (Å²) in [4.78, 5) is 1.27. The Morgan fingerprint density at radius 1 is 1.29 bits per heavy atom. The first-order valence-electron chi connectivity index (χ1n) is 5.57. The van der Waals surface area contributed by atoms with Gasteiger partial charge in [0.1, 0.15) is 0 Å². The van der Waals surface area contributed by atoms with Crippen LogP contribution in [0.15, 0.2) is 23.1 Å². The van der Waals surface area contributed by atoms with E-state index in [1.165, 1.54) is 10.5 Å². The third-order valence-electron chi connectivity index (χ3n) is 2.63. The van der Waals surface area contributed by atoms with E-state index >= 15 is 0 Å². The Bertz CT molecular complexity index is 390. The second-order valence-corrected chi connectivity index (χ2v) is 5.25. The lowest BCUT2D eigenvalue weighted by Crippen LogP contribution is -2.28. The average Bonchev–Trinajstić information content (AvgIpc) is 2.27. The van der Waals surface area contributed by atoms with E-state index in [1.54, 1.807) is 0 Å². The minimum Gasteiger partial charge on any atom is -0.305 e. The number of rotatable bonds is 3. The average molecular weight is 261 g/mol. The number of hydrogen-bond acceptors (Lipinski definition) is 2. The van der Waals surface area contributed by atoms with Crippen LogP contribution < -0.4 is 5.32 Å². The van der Waals surface area contributed by atoms with Crippen molar-refractivity contribution in [2.45, 2.75) is 30.5 Å². The molecule has 0 amide bonds. The summed E-state index contributed by atoms with van der Waals surface area (Å²) in [6.07, 6.45) is -1.95. The number of halogens is 3. The van der Waals surface area contributed by atoms with Crippen molar-refractivity contribution in [3.63, 3.8) is 0 Å². The van der Waals surface area contributed by atoms with Crippen LogP contribution in [0.2, 0.25) is 0 Å². The highest BCUT2D eigenvalue weighted by Gasteiger charge is 2.26. The number of fused-ring (bicyclic) bond motifs is 1. The van der Waals surface area contributed by atoms with Crippen LogP contribution in [-0.2, 0) is 13.0 Å². The molecule has 1 aliphatic heterocycles. The summed E-state index contributed by atoms with van der Waals surface area (Å²) in [5.41, 5.74) is 2.20. The zero-order valence-electron chi connectivity index (χ0n) is 9.31. The van der Waals surface area contributed by atoms with Crippen LogP contribution in [0.1, 0.15) is 17.5 Å². The summed E-state index contributed by atoms with van der Waals surface area (Å²) in [5, 5.41) is 2.42. The van der Waals surface area contributed by atoms with E-state index in [0.717, 1.165) is 24.2 Å². The third kappa shape index (κ3) is 3.92. The van der Waals surface area contributed by atoms with E-state index in [0.29, 0.717) is 0 Å². The van der Waals surface area contributed by atoms with E-state index in [1.807, 2.05) is 30.0 Å². The van der Waals surface area contributed by atoms with Crippen LogP contribution in [0.4, 0.5) is 13.2 Å². The zero-order valence-corrected chi connectivity index (χ0v) is 10.1. The van der Waals surface area contributed by atoms with Crippen LogP contribution in [0.5, 0.6) is 0 Å². The molecule has 0 aromatic heterocycles. The largest absolute Gasteiger partial charge is 0.401 e. The highest BCUT2D eigenvalue weighted by Crippen LogP contribution is 2.30.